The van der Waals surface area contributed by atoms with Crippen LogP contribution in [-0.2, 0) is 24.8 Å². The molecule has 1 heterocycles. The zero-order valence-electron chi connectivity index (χ0n) is 21.4. The number of benzene rings is 3. The number of hydrogen-bond donors (Lipinski definition) is 1. The first-order chi connectivity index (χ1) is 19.1. The molecule has 1 aliphatic heterocycles. The lowest BCUT2D eigenvalue weighted by atomic mass is 10.3. The van der Waals surface area contributed by atoms with Gasteiger partial charge in [0.1, 0.15) is 18.9 Å². The predicted molar refractivity (Wildman–Crippen MR) is 147 cm³/mol. The molecule has 3 aromatic carbocycles. The van der Waals surface area contributed by atoms with E-state index in [1.165, 1.54) is 71.0 Å². The average Bonchev–Trinajstić information content (AvgIpc) is 3.51. The Hall–Kier alpha value is -4.01. The van der Waals surface area contributed by atoms with E-state index in [1.54, 1.807) is 6.07 Å². The van der Waals surface area contributed by atoms with Gasteiger partial charge in [0.15, 0.2) is 0 Å². The van der Waals surface area contributed by atoms with Gasteiger partial charge in [0.2, 0.25) is 15.9 Å². The molecule has 1 fully saturated rings. The van der Waals surface area contributed by atoms with E-state index in [-0.39, 0.29) is 34.3 Å². The first-order valence-electron chi connectivity index (χ1n) is 12.4. The first-order valence-corrected chi connectivity index (χ1v) is 15.3. The van der Waals surface area contributed by atoms with Crippen LogP contribution in [0.2, 0.25) is 0 Å². The van der Waals surface area contributed by atoms with Gasteiger partial charge < -0.3 is 10.1 Å². The molecule has 1 N–H and O–H groups in total. The molecule has 40 heavy (non-hydrogen) atoms. The molecule has 0 saturated carbocycles. The topological polar surface area (TPSA) is 156 Å². The zero-order chi connectivity index (χ0) is 28.8. The number of sulfonamides is 2. The number of nitro groups is 1. The highest BCUT2D eigenvalue weighted by molar-refractivity contribution is 7.92. The fourth-order valence-corrected chi connectivity index (χ4v) is 7.08. The average molecular weight is 589 g/mol. The van der Waals surface area contributed by atoms with Gasteiger partial charge in [-0.25, -0.2) is 16.8 Å². The van der Waals surface area contributed by atoms with Gasteiger partial charge in [-0.15, -0.1) is 0 Å². The van der Waals surface area contributed by atoms with E-state index in [2.05, 4.69) is 5.32 Å². The number of ether oxygens (including phenoxy) is 1. The summed E-state index contributed by atoms with van der Waals surface area (Å²) in [6.45, 7) is 0.450. The van der Waals surface area contributed by atoms with Gasteiger partial charge >= 0.3 is 0 Å². The van der Waals surface area contributed by atoms with Crippen LogP contribution < -0.4 is 14.4 Å². The molecule has 0 aliphatic carbocycles. The molecule has 0 bridgehead atoms. The van der Waals surface area contributed by atoms with E-state index >= 15 is 0 Å². The van der Waals surface area contributed by atoms with Gasteiger partial charge in [-0.1, -0.05) is 24.3 Å². The summed E-state index contributed by atoms with van der Waals surface area (Å²) in [5.41, 5.74) is -0.354. The smallest absolute Gasteiger partial charge is 0.271 e. The fourth-order valence-electron chi connectivity index (χ4n) is 4.13. The molecule has 0 aromatic heterocycles. The predicted octanol–water partition coefficient (Wildman–Crippen LogP) is 2.77. The van der Waals surface area contributed by atoms with Gasteiger partial charge in [0, 0.05) is 25.2 Å². The van der Waals surface area contributed by atoms with Crippen LogP contribution in [0.1, 0.15) is 12.8 Å². The molecule has 0 atom stereocenters. The minimum absolute atomic E-state index is 0.0286. The molecule has 0 unspecified atom stereocenters. The summed E-state index contributed by atoms with van der Waals surface area (Å²) in [5, 5.41) is 13.8. The molecule has 3 aromatic rings. The lowest BCUT2D eigenvalue weighted by Crippen LogP contribution is -2.41. The summed E-state index contributed by atoms with van der Waals surface area (Å²) in [6.07, 6.45) is 1.68. The molecule has 1 aliphatic rings. The summed E-state index contributed by atoms with van der Waals surface area (Å²) in [6, 6.07) is 18.5. The molecule has 14 heteroatoms. The van der Waals surface area contributed by atoms with Gasteiger partial charge in [-0.05, 0) is 55.3 Å². The van der Waals surface area contributed by atoms with E-state index in [4.69, 9.17) is 4.74 Å². The van der Waals surface area contributed by atoms with Crippen LogP contribution in [0.5, 0.6) is 5.75 Å². The van der Waals surface area contributed by atoms with E-state index in [0.29, 0.717) is 18.8 Å². The second-order valence-corrected chi connectivity index (χ2v) is 12.7. The molecule has 1 amide bonds. The molecule has 212 valence electrons. The third kappa shape index (κ3) is 6.76. The van der Waals surface area contributed by atoms with Crippen molar-refractivity contribution in [3.05, 3.63) is 89.0 Å². The Morgan fingerprint density at radius 2 is 1.60 bits per heavy atom. The number of nitrogens with zero attached hydrogens (tertiary/aromatic N) is 3. The van der Waals surface area contributed by atoms with Crippen molar-refractivity contribution in [2.24, 2.45) is 0 Å². The van der Waals surface area contributed by atoms with Crippen molar-refractivity contribution < 1.29 is 31.3 Å². The summed E-state index contributed by atoms with van der Waals surface area (Å²) < 4.78 is 59.8. The summed E-state index contributed by atoms with van der Waals surface area (Å²) in [5.74, 6) is -0.249. The Morgan fingerprint density at radius 1 is 0.925 bits per heavy atom. The molecular weight excluding hydrogens is 560 g/mol. The molecular formula is C26H28N4O8S2. The quantitative estimate of drug-likeness (QED) is 0.192. The van der Waals surface area contributed by atoms with Crippen molar-refractivity contribution in [1.29, 1.82) is 0 Å². The van der Waals surface area contributed by atoms with Crippen molar-refractivity contribution in [3.63, 3.8) is 0 Å². The minimum atomic E-state index is -4.22. The second-order valence-electron chi connectivity index (χ2n) is 8.88. The van der Waals surface area contributed by atoms with Crippen molar-refractivity contribution in [1.82, 2.24) is 9.62 Å². The highest BCUT2D eigenvalue weighted by Crippen LogP contribution is 2.27. The SMILES string of the molecule is O=C(CN(c1cccc([N+](=O)[O-])c1)S(=O)(=O)c1ccccc1)NCCOc1ccc(S(=O)(=O)N2CCCC2)cc1. The number of carbonyl (C=O) groups excluding carboxylic acids is 1. The summed E-state index contributed by atoms with van der Waals surface area (Å²) >= 11 is 0. The van der Waals surface area contributed by atoms with Gasteiger partial charge in [-0.3, -0.25) is 19.2 Å². The van der Waals surface area contributed by atoms with Crippen LogP contribution in [0.25, 0.3) is 0 Å². The Kier molecular flexibility index (Phi) is 9.02. The van der Waals surface area contributed by atoms with E-state index < -0.39 is 37.4 Å². The molecule has 0 spiro atoms. The number of hydrogen-bond acceptors (Lipinski definition) is 8. The van der Waals surface area contributed by atoms with Crippen LogP contribution in [0.15, 0.2) is 88.7 Å². The summed E-state index contributed by atoms with van der Waals surface area (Å²) in [4.78, 5) is 23.4. The zero-order valence-corrected chi connectivity index (χ0v) is 23.0. The number of anilines is 1. The van der Waals surface area contributed by atoms with E-state index in [9.17, 15) is 31.7 Å². The highest BCUT2D eigenvalue weighted by Gasteiger charge is 2.29. The first kappa shape index (κ1) is 29.0. The fraction of sp³-hybridized carbons (Fsp3) is 0.269. The second kappa shape index (κ2) is 12.4. The van der Waals surface area contributed by atoms with Crippen LogP contribution in [0.4, 0.5) is 11.4 Å². The monoisotopic (exact) mass is 588 g/mol. The maximum Gasteiger partial charge on any atom is 0.271 e. The van der Waals surface area contributed by atoms with E-state index in [1.807, 2.05) is 0 Å². The Bertz CT molecular complexity index is 1560. The third-order valence-electron chi connectivity index (χ3n) is 6.17. The highest BCUT2D eigenvalue weighted by atomic mass is 32.2. The van der Waals surface area contributed by atoms with Crippen molar-refractivity contribution >= 4 is 37.3 Å². The van der Waals surface area contributed by atoms with Gasteiger partial charge in [0.25, 0.3) is 15.7 Å². The number of rotatable bonds is 12. The third-order valence-corrected chi connectivity index (χ3v) is 9.87. The molecule has 4 rings (SSSR count). The van der Waals surface area contributed by atoms with Crippen LogP contribution in [0, 0.1) is 10.1 Å². The van der Waals surface area contributed by atoms with Gasteiger partial charge in [0.05, 0.1) is 26.9 Å². The van der Waals surface area contributed by atoms with Crippen LogP contribution >= 0.6 is 0 Å². The number of nitrogens with one attached hydrogen (secondary N) is 1. The number of nitro benzene ring substituents is 1. The van der Waals surface area contributed by atoms with Crippen molar-refractivity contribution in [2.45, 2.75) is 22.6 Å². The number of carbonyl (C=O) groups is 1. The Morgan fingerprint density at radius 3 is 2.25 bits per heavy atom. The Balaban J connectivity index is 1.38. The van der Waals surface area contributed by atoms with Crippen LogP contribution in [0.3, 0.4) is 0 Å². The minimum Gasteiger partial charge on any atom is -0.492 e. The molecule has 0 radical (unpaired) electrons. The largest absolute Gasteiger partial charge is 0.492 e. The standard InChI is InChI=1S/C26H28N4O8S2/c31-26(27-15-18-38-23-11-13-25(14-12-23)39(34,35)28-16-4-5-17-28)20-29(21-7-6-8-22(19-21)30(32)33)40(36,37)24-9-2-1-3-10-24/h1-3,6-14,19H,4-5,15-18,20H2,(H,27,31). The number of amides is 1. The lowest BCUT2D eigenvalue weighted by Gasteiger charge is -2.24. The van der Waals surface area contributed by atoms with Crippen LogP contribution in [-0.4, -0.2) is 64.8 Å². The lowest BCUT2D eigenvalue weighted by molar-refractivity contribution is -0.384. The maximum absolute atomic E-state index is 13.4. The van der Waals surface area contributed by atoms with Crippen molar-refractivity contribution in [2.75, 3.05) is 37.1 Å². The van der Waals surface area contributed by atoms with Crippen molar-refractivity contribution in [3.8, 4) is 5.75 Å². The summed E-state index contributed by atoms with van der Waals surface area (Å²) in [7, 11) is -7.76. The normalized spacial score (nSPS) is 14.0. The molecule has 12 nitrogen and oxygen atoms in total. The van der Waals surface area contributed by atoms with E-state index in [0.717, 1.165) is 23.2 Å². The molecule has 1 saturated heterocycles. The van der Waals surface area contributed by atoms with Gasteiger partial charge in [-0.2, -0.15) is 4.31 Å². The maximum atomic E-state index is 13.4. The Labute approximate surface area is 232 Å². The number of non-ortho nitro benzene ring substituents is 1.